The van der Waals surface area contributed by atoms with Gasteiger partial charge < -0.3 is 9.47 Å². The molecule has 0 heterocycles. The third-order valence-electron chi connectivity index (χ3n) is 2.98. The maximum atomic E-state index is 13.3. The molecule has 0 saturated heterocycles. The largest absolute Gasteiger partial charge is 0.493 e. The first kappa shape index (κ1) is 15.3. The van der Waals surface area contributed by atoms with Crippen LogP contribution in [0.1, 0.15) is 22.8 Å². The Morgan fingerprint density at radius 3 is 2.67 bits per heavy atom. The van der Waals surface area contributed by atoms with Crippen LogP contribution in [-0.2, 0) is 6.61 Å². The van der Waals surface area contributed by atoms with Crippen molar-refractivity contribution in [1.29, 1.82) is 0 Å². The molecule has 2 rings (SSSR count). The Labute approximate surface area is 127 Å². The number of carbonyl (C=O) groups excluding carboxylic acids is 1. The van der Waals surface area contributed by atoms with Crippen LogP contribution >= 0.6 is 11.6 Å². The molecule has 0 unspecified atom stereocenters. The minimum atomic E-state index is -0.489. The Kier molecular flexibility index (Phi) is 4.81. The van der Waals surface area contributed by atoms with Gasteiger partial charge in [-0.25, -0.2) is 4.39 Å². The molecule has 0 radical (unpaired) electrons. The Balaban J connectivity index is 2.20. The zero-order chi connectivity index (χ0) is 15.4. The van der Waals surface area contributed by atoms with E-state index in [-0.39, 0.29) is 17.4 Å². The summed E-state index contributed by atoms with van der Waals surface area (Å²) in [7, 11) is 1.49. The van der Waals surface area contributed by atoms with E-state index in [2.05, 4.69) is 0 Å². The molecule has 2 aromatic rings. The lowest BCUT2D eigenvalue weighted by atomic mass is 10.1. The zero-order valence-corrected chi connectivity index (χ0v) is 12.4. The molecule has 0 spiro atoms. The highest BCUT2D eigenvalue weighted by Crippen LogP contribution is 2.30. The average molecular weight is 309 g/mol. The Morgan fingerprint density at radius 2 is 2.00 bits per heavy atom. The van der Waals surface area contributed by atoms with Crippen LogP contribution in [0.15, 0.2) is 36.4 Å². The van der Waals surface area contributed by atoms with Crippen molar-refractivity contribution in [1.82, 2.24) is 0 Å². The van der Waals surface area contributed by atoms with Crippen LogP contribution in [0.5, 0.6) is 11.5 Å². The van der Waals surface area contributed by atoms with Crippen LogP contribution in [0.25, 0.3) is 0 Å². The quantitative estimate of drug-likeness (QED) is 0.774. The number of methoxy groups -OCH3 is 1. The summed E-state index contributed by atoms with van der Waals surface area (Å²) >= 11 is 5.87. The summed E-state index contributed by atoms with van der Waals surface area (Å²) in [5.41, 5.74) is 1.07. The van der Waals surface area contributed by atoms with Gasteiger partial charge in [0.25, 0.3) is 0 Å². The number of ether oxygens (including phenoxy) is 2. The highest BCUT2D eigenvalue weighted by Gasteiger charge is 2.10. The topological polar surface area (TPSA) is 35.5 Å². The lowest BCUT2D eigenvalue weighted by Gasteiger charge is -2.12. The molecule has 0 amide bonds. The fourth-order valence-corrected chi connectivity index (χ4v) is 2.00. The van der Waals surface area contributed by atoms with Gasteiger partial charge in [-0.05, 0) is 31.2 Å². The van der Waals surface area contributed by atoms with E-state index in [1.807, 2.05) is 0 Å². The van der Waals surface area contributed by atoms with E-state index in [1.54, 1.807) is 30.3 Å². The van der Waals surface area contributed by atoms with E-state index in [0.717, 1.165) is 0 Å². The van der Waals surface area contributed by atoms with E-state index in [1.165, 1.54) is 20.1 Å². The Morgan fingerprint density at radius 1 is 1.24 bits per heavy atom. The van der Waals surface area contributed by atoms with Crippen molar-refractivity contribution < 1.29 is 18.7 Å². The highest BCUT2D eigenvalue weighted by atomic mass is 35.5. The van der Waals surface area contributed by atoms with Gasteiger partial charge in [0.15, 0.2) is 17.3 Å². The zero-order valence-electron chi connectivity index (χ0n) is 11.7. The molecule has 0 aliphatic heterocycles. The Hall–Kier alpha value is -2.07. The highest BCUT2D eigenvalue weighted by molar-refractivity contribution is 6.31. The van der Waals surface area contributed by atoms with Crippen molar-refractivity contribution in [3.8, 4) is 11.5 Å². The van der Waals surface area contributed by atoms with E-state index in [4.69, 9.17) is 21.1 Å². The maximum Gasteiger partial charge on any atom is 0.161 e. The number of Topliss-reactive ketones (excluding diaryl/α,β-unsaturated/α-hetero) is 1. The molecule has 2 aromatic carbocycles. The van der Waals surface area contributed by atoms with Crippen LogP contribution < -0.4 is 9.47 Å². The van der Waals surface area contributed by atoms with Gasteiger partial charge in [-0.2, -0.15) is 0 Å². The molecule has 0 aromatic heterocycles. The molecule has 0 aliphatic carbocycles. The van der Waals surface area contributed by atoms with E-state index in [0.29, 0.717) is 22.6 Å². The number of rotatable bonds is 5. The van der Waals surface area contributed by atoms with Crippen LogP contribution in [0.3, 0.4) is 0 Å². The lowest BCUT2D eigenvalue weighted by molar-refractivity contribution is 0.101. The van der Waals surface area contributed by atoms with Crippen LogP contribution in [-0.4, -0.2) is 12.9 Å². The molecule has 3 nitrogen and oxygen atoms in total. The average Bonchev–Trinajstić information content (AvgIpc) is 2.48. The molecule has 5 heteroatoms. The molecule has 21 heavy (non-hydrogen) atoms. The number of halogens is 2. The van der Waals surface area contributed by atoms with Gasteiger partial charge in [-0.1, -0.05) is 23.7 Å². The summed E-state index contributed by atoms with van der Waals surface area (Å²) in [6, 6.07) is 9.42. The standard InChI is InChI=1S/C16H14ClFO3/c1-10(19)11-6-7-14(15(8-11)20-2)21-9-12-4-3-5-13(18)16(12)17/h3-8H,9H2,1-2H3. The predicted octanol–water partition coefficient (Wildman–Crippen LogP) is 4.27. The van der Waals surface area contributed by atoms with Crippen LogP contribution in [0.2, 0.25) is 5.02 Å². The molecule has 0 atom stereocenters. The summed E-state index contributed by atoms with van der Waals surface area (Å²) in [4.78, 5) is 11.3. The van der Waals surface area contributed by atoms with Crippen LogP contribution in [0, 0.1) is 5.82 Å². The first-order valence-corrected chi connectivity index (χ1v) is 6.65. The smallest absolute Gasteiger partial charge is 0.161 e. The number of hydrogen-bond acceptors (Lipinski definition) is 3. The van der Waals surface area contributed by atoms with Crippen molar-refractivity contribution in [2.45, 2.75) is 13.5 Å². The van der Waals surface area contributed by atoms with Gasteiger partial charge >= 0.3 is 0 Å². The maximum absolute atomic E-state index is 13.3. The summed E-state index contributed by atoms with van der Waals surface area (Å²) < 4.78 is 24.1. The predicted molar refractivity (Wildman–Crippen MR) is 78.7 cm³/mol. The third kappa shape index (κ3) is 3.52. The molecule has 0 saturated carbocycles. The fourth-order valence-electron chi connectivity index (χ4n) is 1.82. The number of benzene rings is 2. The normalized spacial score (nSPS) is 10.3. The summed E-state index contributed by atoms with van der Waals surface area (Å²) in [6.07, 6.45) is 0. The van der Waals surface area contributed by atoms with Crippen molar-refractivity contribution in [2.75, 3.05) is 7.11 Å². The number of ketones is 1. The first-order valence-electron chi connectivity index (χ1n) is 6.27. The SMILES string of the molecule is COc1cc(C(C)=O)ccc1OCc1cccc(F)c1Cl. The van der Waals surface area contributed by atoms with E-state index >= 15 is 0 Å². The second-order valence-corrected chi connectivity index (χ2v) is 4.80. The molecule has 110 valence electrons. The van der Waals surface area contributed by atoms with Gasteiger partial charge in [0.2, 0.25) is 0 Å². The third-order valence-corrected chi connectivity index (χ3v) is 3.41. The number of hydrogen-bond donors (Lipinski definition) is 0. The van der Waals surface area contributed by atoms with Gasteiger partial charge in [-0.3, -0.25) is 4.79 Å². The van der Waals surface area contributed by atoms with Gasteiger partial charge in [0.05, 0.1) is 12.1 Å². The Bertz CT molecular complexity index is 671. The van der Waals surface area contributed by atoms with E-state index in [9.17, 15) is 9.18 Å². The second kappa shape index (κ2) is 6.59. The van der Waals surface area contributed by atoms with Crippen molar-refractivity contribution >= 4 is 17.4 Å². The molecular weight excluding hydrogens is 295 g/mol. The van der Waals surface area contributed by atoms with E-state index < -0.39 is 5.82 Å². The lowest BCUT2D eigenvalue weighted by Crippen LogP contribution is -2.01. The minimum absolute atomic E-state index is 0.0387. The van der Waals surface area contributed by atoms with Gasteiger partial charge in [0, 0.05) is 11.1 Å². The first-order chi connectivity index (χ1) is 10.0. The summed E-state index contributed by atoms with van der Waals surface area (Å²) in [5.74, 6) is 0.350. The van der Waals surface area contributed by atoms with Crippen molar-refractivity contribution in [3.05, 3.63) is 58.4 Å². The molecule has 0 fully saturated rings. The molecular formula is C16H14ClFO3. The number of carbonyl (C=O) groups is 1. The molecule has 0 bridgehead atoms. The summed E-state index contributed by atoms with van der Waals surface area (Å²) in [6.45, 7) is 1.58. The molecule has 0 N–H and O–H groups in total. The van der Waals surface area contributed by atoms with Crippen molar-refractivity contribution in [2.24, 2.45) is 0 Å². The monoisotopic (exact) mass is 308 g/mol. The summed E-state index contributed by atoms with van der Waals surface area (Å²) in [5, 5.41) is 0.0387. The molecule has 0 aliphatic rings. The van der Waals surface area contributed by atoms with Crippen LogP contribution in [0.4, 0.5) is 4.39 Å². The minimum Gasteiger partial charge on any atom is -0.493 e. The van der Waals surface area contributed by atoms with Crippen molar-refractivity contribution in [3.63, 3.8) is 0 Å². The van der Waals surface area contributed by atoms with Gasteiger partial charge in [-0.15, -0.1) is 0 Å². The van der Waals surface area contributed by atoms with Gasteiger partial charge in [0.1, 0.15) is 12.4 Å². The fraction of sp³-hybridized carbons (Fsp3) is 0.188. The second-order valence-electron chi connectivity index (χ2n) is 4.42.